The lowest BCUT2D eigenvalue weighted by Gasteiger charge is -1.93. The lowest BCUT2D eigenvalue weighted by molar-refractivity contribution is 0.0995. The number of hydrogen-bond acceptors (Lipinski definition) is 6. The van der Waals surface area contributed by atoms with Gasteiger partial charge in [0.1, 0.15) is 4.88 Å². The summed E-state index contributed by atoms with van der Waals surface area (Å²) in [5, 5.41) is -0.561. The molecular formula is C7H8N2O4S2. The topological polar surface area (TPSA) is 107 Å². The van der Waals surface area contributed by atoms with Crippen LogP contribution < -0.4 is 5.73 Å². The highest BCUT2D eigenvalue weighted by Gasteiger charge is 2.24. The van der Waals surface area contributed by atoms with Gasteiger partial charge in [-0.2, -0.15) is 0 Å². The summed E-state index contributed by atoms with van der Waals surface area (Å²) in [6.07, 6.45) is 0.916. The van der Waals surface area contributed by atoms with E-state index in [0.717, 1.165) is 6.26 Å². The Bertz CT molecular complexity index is 529. The maximum atomic E-state index is 11.2. The molecule has 0 fully saturated rings. The van der Waals surface area contributed by atoms with Gasteiger partial charge in [0.2, 0.25) is 0 Å². The summed E-state index contributed by atoms with van der Waals surface area (Å²) in [4.78, 5) is 25.4. The molecule has 2 N–H and O–H groups in total. The predicted molar refractivity (Wildman–Crippen MR) is 53.7 cm³/mol. The van der Waals surface area contributed by atoms with Crippen molar-refractivity contribution < 1.29 is 18.0 Å². The van der Waals surface area contributed by atoms with Crippen molar-refractivity contribution in [1.29, 1.82) is 0 Å². The summed E-state index contributed by atoms with van der Waals surface area (Å²) in [5.74, 6) is -1.31. The van der Waals surface area contributed by atoms with E-state index in [2.05, 4.69) is 4.98 Å². The van der Waals surface area contributed by atoms with Gasteiger partial charge in [-0.25, -0.2) is 13.4 Å². The molecule has 8 heteroatoms. The fourth-order valence-electron chi connectivity index (χ4n) is 0.885. The van der Waals surface area contributed by atoms with Crippen molar-refractivity contribution in [3.63, 3.8) is 0 Å². The van der Waals surface area contributed by atoms with Crippen LogP contribution in [0.1, 0.15) is 26.4 Å². The Morgan fingerprint density at radius 1 is 1.40 bits per heavy atom. The highest BCUT2D eigenvalue weighted by Crippen LogP contribution is 2.22. The van der Waals surface area contributed by atoms with Gasteiger partial charge in [-0.05, 0) is 0 Å². The monoisotopic (exact) mass is 248 g/mol. The molecule has 0 saturated carbocycles. The molecule has 0 aliphatic heterocycles. The maximum Gasteiger partial charge on any atom is 0.277 e. The van der Waals surface area contributed by atoms with Gasteiger partial charge in [0.15, 0.2) is 25.7 Å². The second-order valence-electron chi connectivity index (χ2n) is 2.85. The molecule has 1 rings (SSSR count). The van der Waals surface area contributed by atoms with Gasteiger partial charge in [0.25, 0.3) is 5.91 Å². The molecule has 15 heavy (non-hydrogen) atoms. The van der Waals surface area contributed by atoms with E-state index in [9.17, 15) is 18.0 Å². The number of nitrogens with zero attached hydrogens (tertiary/aromatic N) is 1. The Morgan fingerprint density at radius 2 is 1.93 bits per heavy atom. The number of carbonyl (C=O) groups is 2. The van der Waals surface area contributed by atoms with Crippen LogP contribution in [0.3, 0.4) is 0 Å². The first kappa shape index (κ1) is 11.8. The van der Waals surface area contributed by atoms with Crippen LogP contribution >= 0.6 is 11.3 Å². The minimum atomic E-state index is -3.62. The average Bonchev–Trinajstić information content (AvgIpc) is 2.45. The summed E-state index contributed by atoms with van der Waals surface area (Å²) in [6.45, 7) is 1.20. The van der Waals surface area contributed by atoms with Gasteiger partial charge < -0.3 is 5.73 Å². The van der Waals surface area contributed by atoms with Crippen molar-refractivity contribution in [3.05, 3.63) is 9.88 Å². The van der Waals surface area contributed by atoms with Crippen molar-refractivity contribution in [2.75, 3.05) is 6.26 Å². The first-order chi connectivity index (χ1) is 6.73. The highest BCUT2D eigenvalue weighted by molar-refractivity contribution is 7.90. The number of nitrogens with two attached hydrogens (primary N) is 1. The van der Waals surface area contributed by atoms with E-state index in [4.69, 9.17) is 5.73 Å². The van der Waals surface area contributed by atoms with Crippen LogP contribution in [0.4, 0.5) is 0 Å². The zero-order valence-electron chi connectivity index (χ0n) is 7.97. The molecule has 0 atom stereocenters. The summed E-state index contributed by atoms with van der Waals surface area (Å²) < 4.78 is 22.5. The number of carbonyl (C=O) groups excluding carboxylic acids is 2. The SMILES string of the molecule is CC(=O)c1sc(C(N)=O)nc1S(C)(=O)=O. The smallest absolute Gasteiger partial charge is 0.277 e. The number of rotatable bonds is 3. The molecule has 82 valence electrons. The maximum absolute atomic E-state index is 11.2. The fraction of sp³-hybridized carbons (Fsp3) is 0.286. The minimum Gasteiger partial charge on any atom is -0.364 e. The molecular weight excluding hydrogens is 240 g/mol. The molecule has 0 aliphatic rings. The van der Waals surface area contributed by atoms with Crippen LogP contribution in [-0.4, -0.2) is 31.3 Å². The molecule has 0 radical (unpaired) electrons. The van der Waals surface area contributed by atoms with E-state index >= 15 is 0 Å². The van der Waals surface area contributed by atoms with E-state index in [1.165, 1.54) is 6.92 Å². The molecule has 0 bridgehead atoms. The predicted octanol–water partition coefficient (Wildman–Crippen LogP) is -0.152. The number of sulfone groups is 1. The highest BCUT2D eigenvalue weighted by atomic mass is 32.2. The standard InChI is InChI=1S/C7H8N2O4S2/c1-3(10)4-7(15(2,12)13)9-6(14-4)5(8)11/h1-2H3,(H2,8,11). The van der Waals surface area contributed by atoms with E-state index in [0.29, 0.717) is 11.3 Å². The summed E-state index contributed by atoms with van der Waals surface area (Å²) in [6, 6.07) is 0. The summed E-state index contributed by atoms with van der Waals surface area (Å²) in [5.41, 5.74) is 4.94. The van der Waals surface area contributed by atoms with Crippen LogP contribution in [0.2, 0.25) is 0 Å². The Hall–Kier alpha value is -1.28. The van der Waals surface area contributed by atoms with Gasteiger partial charge in [0.05, 0.1) is 0 Å². The van der Waals surface area contributed by atoms with Crippen LogP contribution in [-0.2, 0) is 9.84 Å². The summed E-state index contributed by atoms with van der Waals surface area (Å²) in [7, 11) is -3.62. The van der Waals surface area contributed by atoms with Gasteiger partial charge in [-0.3, -0.25) is 9.59 Å². The van der Waals surface area contributed by atoms with Crippen molar-refractivity contribution in [1.82, 2.24) is 4.98 Å². The number of Topliss-reactive ketones (excluding diaryl/α,β-unsaturated/α-hetero) is 1. The normalized spacial score (nSPS) is 11.3. The Kier molecular flexibility index (Phi) is 2.91. The van der Waals surface area contributed by atoms with Crippen LogP contribution in [0.25, 0.3) is 0 Å². The molecule has 0 aliphatic carbocycles. The number of thiazole rings is 1. The van der Waals surface area contributed by atoms with E-state index < -0.39 is 21.5 Å². The molecule has 0 saturated heterocycles. The zero-order valence-corrected chi connectivity index (χ0v) is 9.61. The molecule has 0 spiro atoms. The zero-order chi connectivity index (χ0) is 11.8. The molecule has 6 nitrogen and oxygen atoms in total. The van der Waals surface area contributed by atoms with Gasteiger partial charge in [0, 0.05) is 13.2 Å². The molecule has 1 amide bonds. The number of primary amides is 1. The van der Waals surface area contributed by atoms with Crippen molar-refractivity contribution in [2.24, 2.45) is 5.73 Å². The lowest BCUT2D eigenvalue weighted by atomic mass is 10.4. The third-order valence-electron chi connectivity index (χ3n) is 1.48. The van der Waals surface area contributed by atoms with Crippen LogP contribution in [0, 0.1) is 0 Å². The third-order valence-corrected chi connectivity index (χ3v) is 3.78. The Morgan fingerprint density at radius 3 is 2.20 bits per heavy atom. The molecule has 1 aromatic heterocycles. The number of hydrogen-bond donors (Lipinski definition) is 1. The fourth-order valence-corrected chi connectivity index (χ4v) is 2.97. The van der Waals surface area contributed by atoms with E-state index in [1.54, 1.807) is 0 Å². The summed E-state index contributed by atoms with van der Waals surface area (Å²) >= 11 is 0.688. The molecule has 0 aromatic carbocycles. The first-order valence-electron chi connectivity index (χ1n) is 3.75. The third kappa shape index (κ3) is 2.39. The molecule has 0 unspecified atom stereocenters. The van der Waals surface area contributed by atoms with E-state index in [1.807, 2.05) is 0 Å². The molecule has 1 heterocycles. The Balaban J connectivity index is 3.51. The average molecular weight is 248 g/mol. The van der Waals surface area contributed by atoms with Gasteiger partial charge in [-0.1, -0.05) is 0 Å². The molecule has 1 aromatic rings. The second kappa shape index (κ2) is 3.70. The van der Waals surface area contributed by atoms with Gasteiger partial charge >= 0.3 is 0 Å². The van der Waals surface area contributed by atoms with E-state index in [-0.39, 0.29) is 14.9 Å². The second-order valence-corrected chi connectivity index (χ2v) is 5.78. The van der Waals surface area contributed by atoms with Gasteiger partial charge in [-0.15, -0.1) is 11.3 Å². The number of amides is 1. The quantitative estimate of drug-likeness (QED) is 0.748. The van der Waals surface area contributed by atoms with Crippen molar-refractivity contribution in [3.8, 4) is 0 Å². The van der Waals surface area contributed by atoms with Crippen LogP contribution in [0.15, 0.2) is 5.03 Å². The number of ketones is 1. The minimum absolute atomic E-state index is 0.0636. The van der Waals surface area contributed by atoms with Crippen LogP contribution in [0.5, 0.6) is 0 Å². The van der Waals surface area contributed by atoms with Crippen molar-refractivity contribution in [2.45, 2.75) is 11.9 Å². The largest absolute Gasteiger partial charge is 0.364 e. The lowest BCUT2D eigenvalue weighted by Crippen LogP contribution is -2.11. The number of aromatic nitrogens is 1. The first-order valence-corrected chi connectivity index (χ1v) is 6.46. The Labute approximate surface area is 90.0 Å². The van der Waals surface area contributed by atoms with Crippen molar-refractivity contribution >= 4 is 32.9 Å².